The van der Waals surface area contributed by atoms with Crippen molar-refractivity contribution in [2.75, 3.05) is 20.1 Å². The van der Waals surface area contributed by atoms with Gasteiger partial charge in [0, 0.05) is 25.0 Å². The molecule has 88 valence electrons. The van der Waals surface area contributed by atoms with E-state index in [1.807, 2.05) is 11.9 Å². The van der Waals surface area contributed by atoms with E-state index in [0.717, 1.165) is 38.8 Å². The van der Waals surface area contributed by atoms with E-state index < -0.39 is 0 Å². The van der Waals surface area contributed by atoms with Crippen LogP contribution in [0.1, 0.15) is 39.5 Å². The molecule has 1 aliphatic heterocycles. The summed E-state index contributed by atoms with van der Waals surface area (Å²) in [5, 5.41) is 3.28. The van der Waals surface area contributed by atoms with E-state index >= 15 is 0 Å². The van der Waals surface area contributed by atoms with Gasteiger partial charge in [0.2, 0.25) is 5.91 Å². The summed E-state index contributed by atoms with van der Waals surface area (Å²) in [6, 6.07) is 0.607. The second-order valence-corrected chi connectivity index (χ2v) is 4.40. The Hall–Kier alpha value is -0.570. The van der Waals surface area contributed by atoms with Crippen LogP contribution in [-0.2, 0) is 4.79 Å². The number of hydrogen-bond donors (Lipinski definition) is 1. The molecule has 0 spiro atoms. The van der Waals surface area contributed by atoms with Crippen LogP contribution in [0.5, 0.6) is 0 Å². The number of piperidine rings is 1. The summed E-state index contributed by atoms with van der Waals surface area (Å²) in [7, 11) is 2.00. The standard InChI is InChI=1S/C12H24N2O/c1-4-10(5-2)12(15)14-8-6-11(13-3)7-9-14/h10-11,13H,4-9H2,1-3H3. The Kier molecular flexibility index (Phi) is 5.09. The van der Waals surface area contributed by atoms with Gasteiger partial charge in [0.25, 0.3) is 0 Å². The van der Waals surface area contributed by atoms with Crippen molar-refractivity contribution < 1.29 is 4.79 Å². The van der Waals surface area contributed by atoms with Crippen LogP contribution in [0.2, 0.25) is 0 Å². The molecule has 0 aromatic heterocycles. The lowest BCUT2D eigenvalue weighted by atomic mass is 9.98. The first-order chi connectivity index (χ1) is 7.22. The molecule has 1 heterocycles. The van der Waals surface area contributed by atoms with Crippen molar-refractivity contribution in [3.05, 3.63) is 0 Å². The maximum atomic E-state index is 12.1. The summed E-state index contributed by atoms with van der Waals surface area (Å²) >= 11 is 0. The molecule has 1 amide bonds. The average molecular weight is 212 g/mol. The van der Waals surface area contributed by atoms with Gasteiger partial charge in [0.15, 0.2) is 0 Å². The van der Waals surface area contributed by atoms with E-state index in [2.05, 4.69) is 19.2 Å². The Balaban J connectivity index is 2.42. The average Bonchev–Trinajstić information content (AvgIpc) is 2.30. The summed E-state index contributed by atoms with van der Waals surface area (Å²) in [6.07, 6.45) is 4.15. The van der Waals surface area contributed by atoms with Crippen LogP contribution in [0.15, 0.2) is 0 Å². The molecule has 0 unspecified atom stereocenters. The van der Waals surface area contributed by atoms with Crippen molar-refractivity contribution in [2.45, 2.75) is 45.6 Å². The van der Waals surface area contributed by atoms with Crippen molar-refractivity contribution >= 4 is 5.91 Å². The van der Waals surface area contributed by atoms with E-state index in [-0.39, 0.29) is 5.92 Å². The molecule has 1 aliphatic rings. The predicted octanol–water partition coefficient (Wildman–Crippen LogP) is 1.63. The van der Waals surface area contributed by atoms with Gasteiger partial charge in [0.1, 0.15) is 0 Å². The van der Waals surface area contributed by atoms with Gasteiger partial charge in [-0.2, -0.15) is 0 Å². The van der Waals surface area contributed by atoms with Gasteiger partial charge >= 0.3 is 0 Å². The SMILES string of the molecule is CCC(CC)C(=O)N1CCC(NC)CC1. The smallest absolute Gasteiger partial charge is 0.225 e. The number of likely N-dealkylation sites (tertiary alicyclic amines) is 1. The quantitative estimate of drug-likeness (QED) is 0.768. The molecule has 0 aliphatic carbocycles. The van der Waals surface area contributed by atoms with E-state index in [9.17, 15) is 4.79 Å². The maximum absolute atomic E-state index is 12.1. The van der Waals surface area contributed by atoms with Gasteiger partial charge in [-0.25, -0.2) is 0 Å². The number of carbonyl (C=O) groups excluding carboxylic acids is 1. The van der Waals surface area contributed by atoms with Gasteiger partial charge in [0.05, 0.1) is 0 Å². The number of carbonyl (C=O) groups is 1. The predicted molar refractivity (Wildman–Crippen MR) is 62.7 cm³/mol. The highest BCUT2D eigenvalue weighted by Gasteiger charge is 2.25. The van der Waals surface area contributed by atoms with Crippen LogP contribution in [0, 0.1) is 5.92 Å². The molecule has 0 atom stereocenters. The fraction of sp³-hybridized carbons (Fsp3) is 0.917. The zero-order valence-corrected chi connectivity index (χ0v) is 10.3. The van der Waals surface area contributed by atoms with Crippen LogP contribution in [0.4, 0.5) is 0 Å². The first-order valence-corrected chi connectivity index (χ1v) is 6.18. The Morgan fingerprint density at radius 3 is 2.27 bits per heavy atom. The zero-order valence-electron chi connectivity index (χ0n) is 10.3. The van der Waals surface area contributed by atoms with E-state index in [4.69, 9.17) is 0 Å². The van der Waals surface area contributed by atoms with Crippen molar-refractivity contribution in [1.29, 1.82) is 0 Å². The highest BCUT2D eigenvalue weighted by Crippen LogP contribution is 2.16. The lowest BCUT2D eigenvalue weighted by Gasteiger charge is -2.33. The van der Waals surface area contributed by atoms with Crippen molar-refractivity contribution in [2.24, 2.45) is 5.92 Å². The molecule has 1 N–H and O–H groups in total. The number of hydrogen-bond acceptors (Lipinski definition) is 2. The van der Waals surface area contributed by atoms with Crippen LogP contribution in [0.25, 0.3) is 0 Å². The first-order valence-electron chi connectivity index (χ1n) is 6.18. The molecule has 0 aromatic rings. The lowest BCUT2D eigenvalue weighted by Crippen LogP contribution is -2.45. The third kappa shape index (κ3) is 3.20. The Morgan fingerprint density at radius 2 is 1.87 bits per heavy atom. The van der Waals surface area contributed by atoms with E-state index in [1.54, 1.807) is 0 Å². The molecule has 0 aromatic carbocycles. The van der Waals surface area contributed by atoms with Gasteiger partial charge in [-0.05, 0) is 32.7 Å². The van der Waals surface area contributed by atoms with Gasteiger partial charge in [-0.1, -0.05) is 13.8 Å². The third-order valence-corrected chi connectivity index (χ3v) is 3.55. The minimum atomic E-state index is 0.246. The van der Waals surface area contributed by atoms with E-state index in [1.165, 1.54) is 0 Å². The van der Waals surface area contributed by atoms with Gasteiger partial charge in [-0.15, -0.1) is 0 Å². The van der Waals surface area contributed by atoms with Crippen molar-refractivity contribution in [3.8, 4) is 0 Å². The summed E-state index contributed by atoms with van der Waals surface area (Å²) in [4.78, 5) is 14.1. The molecule has 1 rings (SSSR count). The molecule has 0 saturated carbocycles. The molecule has 1 saturated heterocycles. The highest BCUT2D eigenvalue weighted by atomic mass is 16.2. The third-order valence-electron chi connectivity index (χ3n) is 3.55. The number of nitrogens with zero attached hydrogens (tertiary/aromatic N) is 1. The Morgan fingerprint density at radius 1 is 1.33 bits per heavy atom. The molecule has 0 radical (unpaired) electrons. The second-order valence-electron chi connectivity index (χ2n) is 4.40. The normalized spacial score (nSPS) is 18.5. The minimum Gasteiger partial charge on any atom is -0.342 e. The van der Waals surface area contributed by atoms with E-state index in [0.29, 0.717) is 11.9 Å². The molecule has 3 heteroatoms. The van der Waals surface area contributed by atoms with Gasteiger partial charge in [-0.3, -0.25) is 4.79 Å². The molecule has 3 nitrogen and oxygen atoms in total. The van der Waals surface area contributed by atoms with Crippen LogP contribution in [0.3, 0.4) is 0 Å². The highest BCUT2D eigenvalue weighted by molar-refractivity contribution is 5.78. The topological polar surface area (TPSA) is 32.3 Å². The first kappa shape index (κ1) is 12.5. The monoisotopic (exact) mass is 212 g/mol. The molecular formula is C12H24N2O. The largest absolute Gasteiger partial charge is 0.342 e. The summed E-state index contributed by atoms with van der Waals surface area (Å²) < 4.78 is 0. The number of amides is 1. The summed E-state index contributed by atoms with van der Waals surface area (Å²) in [5.41, 5.74) is 0. The maximum Gasteiger partial charge on any atom is 0.225 e. The van der Waals surface area contributed by atoms with Crippen molar-refractivity contribution in [1.82, 2.24) is 10.2 Å². The Bertz CT molecular complexity index is 194. The van der Waals surface area contributed by atoms with Crippen LogP contribution in [-0.4, -0.2) is 37.0 Å². The fourth-order valence-electron chi connectivity index (χ4n) is 2.28. The minimum absolute atomic E-state index is 0.246. The fourth-order valence-corrected chi connectivity index (χ4v) is 2.28. The number of rotatable bonds is 4. The van der Waals surface area contributed by atoms with Crippen molar-refractivity contribution in [3.63, 3.8) is 0 Å². The zero-order chi connectivity index (χ0) is 11.3. The summed E-state index contributed by atoms with van der Waals surface area (Å²) in [6.45, 7) is 6.07. The van der Waals surface area contributed by atoms with Crippen LogP contribution < -0.4 is 5.32 Å². The van der Waals surface area contributed by atoms with Crippen LogP contribution >= 0.6 is 0 Å². The lowest BCUT2D eigenvalue weighted by molar-refractivity contribution is -0.136. The Labute approximate surface area is 93.2 Å². The van der Waals surface area contributed by atoms with Gasteiger partial charge < -0.3 is 10.2 Å². The molecular weight excluding hydrogens is 188 g/mol. The molecule has 15 heavy (non-hydrogen) atoms. The summed E-state index contributed by atoms with van der Waals surface area (Å²) in [5.74, 6) is 0.616. The molecule has 0 bridgehead atoms. The molecule has 1 fully saturated rings. The number of nitrogens with one attached hydrogen (secondary N) is 1. The second kappa shape index (κ2) is 6.11.